The van der Waals surface area contributed by atoms with E-state index in [1.165, 1.54) is 23.2 Å². The highest BCUT2D eigenvalue weighted by molar-refractivity contribution is 5.61. The van der Waals surface area contributed by atoms with E-state index in [1.54, 1.807) is 0 Å². The number of likely N-dealkylation sites (N-methyl/N-ethyl adjacent to an activating group) is 1. The second-order valence-electron chi connectivity index (χ2n) is 8.67. The summed E-state index contributed by atoms with van der Waals surface area (Å²) in [6, 6.07) is 27.9. The molecule has 1 unspecified atom stereocenters. The van der Waals surface area contributed by atoms with E-state index in [-0.39, 0.29) is 0 Å². The van der Waals surface area contributed by atoms with Crippen LogP contribution in [0.15, 0.2) is 83.3 Å². The van der Waals surface area contributed by atoms with Crippen LogP contribution in [-0.4, -0.2) is 48.3 Å². The van der Waals surface area contributed by atoms with Crippen molar-refractivity contribution in [3.05, 3.63) is 90.0 Å². The van der Waals surface area contributed by atoms with Crippen LogP contribution in [0.4, 0.5) is 5.69 Å². The highest BCUT2D eigenvalue weighted by Crippen LogP contribution is 2.28. The summed E-state index contributed by atoms with van der Waals surface area (Å²) in [4.78, 5) is 4.74. The zero-order chi connectivity index (χ0) is 21.9. The Labute approximate surface area is 189 Å². The molecule has 1 fully saturated rings. The third-order valence-electron chi connectivity index (χ3n) is 6.25. The normalized spacial score (nSPS) is 16.1. The smallest absolute Gasteiger partial charge is 0.248 e. The van der Waals surface area contributed by atoms with Gasteiger partial charge in [-0.1, -0.05) is 42.5 Å². The van der Waals surface area contributed by atoms with Crippen molar-refractivity contribution in [3.8, 4) is 22.9 Å². The third kappa shape index (κ3) is 4.43. The van der Waals surface area contributed by atoms with Crippen LogP contribution in [0.25, 0.3) is 22.9 Å². The minimum Gasteiger partial charge on any atom is -0.416 e. The number of hydrogen-bond donors (Lipinski definition) is 0. The molecule has 0 N–H and O–H groups in total. The molecule has 1 saturated heterocycles. The topological polar surface area (TPSA) is 45.4 Å². The Morgan fingerprint density at radius 1 is 0.812 bits per heavy atom. The van der Waals surface area contributed by atoms with E-state index in [0.717, 1.165) is 30.6 Å². The van der Waals surface area contributed by atoms with Gasteiger partial charge >= 0.3 is 0 Å². The van der Waals surface area contributed by atoms with E-state index >= 15 is 0 Å². The van der Waals surface area contributed by atoms with Gasteiger partial charge in [-0.25, -0.2) is 0 Å². The molecule has 0 amide bonds. The summed E-state index contributed by atoms with van der Waals surface area (Å²) >= 11 is 0. The monoisotopic (exact) mass is 424 g/mol. The van der Waals surface area contributed by atoms with Crippen LogP contribution in [0, 0.1) is 0 Å². The van der Waals surface area contributed by atoms with Crippen molar-refractivity contribution in [2.75, 3.05) is 32.1 Å². The van der Waals surface area contributed by atoms with Crippen molar-refractivity contribution in [1.29, 1.82) is 0 Å². The van der Waals surface area contributed by atoms with Crippen LogP contribution in [0.1, 0.15) is 17.5 Å². The van der Waals surface area contributed by atoms with E-state index in [4.69, 9.17) is 4.42 Å². The Morgan fingerprint density at radius 3 is 2.00 bits per heavy atom. The fraction of sp³-hybridized carbons (Fsp3) is 0.259. The predicted octanol–water partition coefficient (Wildman–Crippen LogP) is 5.13. The average Bonchev–Trinajstić information content (AvgIpc) is 3.51. The summed E-state index contributed by atoms with van der Waals surface area (Å²) < 4.78 is 5.99. The van der Waals surface area contributed by atoms with Gasteiger partial charge in [-0.15, -0.1) is 10.2 Å². The molecule has 1 aliphatic rings. The molecule has 162 valence electrons. The zero-order valence-electron chi connectivity index (χ0n) is 18.6. The van der Waals surface area contributed by atoms with Gasteiger partial charge in [-0.3, -0.25) is 0 Å². The quantitative estimate of drug-likeness (QED) is 0.429. The lowest BCUT2D eigenvalue weighted by molar-refractivity contribution is 0.315. The molecule has 4 aromatic rings. The number of benzene rings is 3. The predicted molar refractivity (Wildman–Crippen MR) is 129 cm³/mol. The summed E-state index contributed by atoms with van der Waals surface area (Å²) in [6.45, 7) is 2.16. The van der Waals surface area contributed by atoms with E-state index in [0.29, 0.717) is 17.8 Å². The number of rotatable bonds is 6. The van der Waals surface area contributed by atoms with Crippen molar-refractivity contribution in [2.45, 2.75) is 18.9 Å². The summed E-state index contributed by atoms with van der Waals surface area (Å²) in [7, 11) is 4.31. The van der Waals surface area contributed by atoms with Crippen LogP contribution in [0.2, 0.25) is 0 Å². The highest BCUT2D eigenvalue weighted by atomic mass is 16.4. The first-order valence-corrected chi connectivity index (χ1v) is 11.1. The molecule has 0 radical (unpaired) electrons. The third-order valence-corrected chi connectivity index (χ3v) is 6.25. The van der Waals surface area contributed by atoms with Crippen molar-refractivity contribution in [2.24, 2.45) is 0 Å². The maximum Gasteiger partial charge on any atom is 0.248 e. The van der Waals surface area contributed by atoms with Gasteiger partial charge in [0.05, 0.1) is 0 Å². The van der Waals surface area contributed by atoms with Gasteiger partial charge in [0, 0.05) is 35.9 Å². The van der Waals surface area contributed by atoms with Gasteiger partial charge in [0.1, 0.15) is 0 Å². The standard InChI is InChI=1S/C27H28N4O/c1-30(2)25-16-17-31(19-25)24-14-12-23(13-15-24)27-29-28-26(32-27)22-10-8-21(9-11-22)18-20-6-4-3-5-7-20/h3-15,25H,16-19H2,1-2H3. The zero-order valence-corrected chi connectivity index (χ0v) is 18.6. The second kappa shape index (κ2) is 8.97. The molecule has 5 rings (SSSR count). The molecular formula is C27H28N4O. The van der Waals surface area contributed by atoms with Crippen LogP contribution in [-0.2, 0) is 6.42 Å². The Balaban J connectivity index is 1.26. The van der Waals surface area contributed by atoms with Crippen LogP contribution in [0.5, 0.6) is 0 Å². The number of anilines is 1. The van der Waals surface area contributed by atoms with Crippen molar-refractivity contribution >= 4 is 5.69 Å². The van der Waals surface area contributed by atoms with Gasteiger partial charge in [0.2, 0.25) is 11.8 Å². The molecule has 0 aliphatic carbocycles. The van der Waals surface area contributed by atoms with Gasteiger partial charge < -0.3 is 14.2 Å². The minimum atomic E-state index is 0.545. The van der Waals surface area contributed by atoms with E-state index in [9.17, 15) is 0 Å². The maximum absolute atomic E-state index is 5.99. The Kier molecular flexibility index (Phi) is 5.73. The molecule has 0 spiro atoms. The van der Waals surface area contributed by atoms with Crippen LogP contribution >= 0.6 is 0 Å². The first kappa shape index (κ1) is 20.5. The SMILES string of the molecule is CN(C)C1CCN(c2ccc(-c3nnc(-c4ccc(Cc5ccccc5)cc4)o3)cc2)C1. The minimum absolute atomic E-state index is 0.545. The molecule has 0 bridgehead atoms. The highest BCUT2D eigenvalue weighted by Gasteiger charge is 2.24. The van der Waals surface area contributed by atoms with E-state index in [2.05, 4.69) is 94.8 Å². The molecule has 2 heterocycles. The first-order chi connectivity index (χ1) is 15.7. The molecule has 5 heteroatoms. The van der Waals surface area contributed by atoms with Gasteiger partial charge in [0.15, 0.2) is 0 Å². The number of hydrogen-bond acceptors (Lipinski definition) is 5. The van der Waals surface area contributed by atoms with Crippen LogP contribution < -0.4 is 4.90 Å². The van der Waals surface area contributed by atoms with E-state index < -0.39 is 0 Å². The summed E-state index contributed by atoms with van der Waals surface area (Å²) in [5, 5.41) is 8.55. The summed E-state index contributed by atoms with van der Waals surface area (Å²) in [5.41, 5.74) is 5.68. The second-order valence-corrected chi connectivity index (χ2v) is 8.67. The Hall–Kier alpha value is -3.44. The first-order valence-electron chi connectivity index (χ1n) is 11.1. The summed E-state index contributed by atoms with van der Waals surface area (Å²) in [5.74, 6) is 1.09. The number of nitrogens with zero attached hydrogens (tertiary/aromatic N) is 4. The average molecular weight is 425 g/mol. The summed E-state index contributed by atoms with van der Waals surface area (Å²) in [6.07, 6.45) is 2.11. The Bertz CT molecular complexity index is 1150. The fourth-order valence-electron chi connectivity index (χ4n) is 4.27. The lowest BCUT2D eigenvalue weighted by Crippen LogP contribution is -2.31. The molecule has 0 saturated carbocycles. The molecule has 1 atom stereocenters. The van der Waals surface area contributed by atoms with Crippen molar-refractivity contribution < 1.29 is 4.42 Å². The Morgan fingerprint density at radius 2 is 1.41 bits per heavy atom. The lowest BCUT2D eigenvalue weighted by atomic mass is 10.0. The molecule has 32 heavy (non-hydrogen) atoms. The van der Waals surface area contributed by atoms with Crippen molar-refractivity contribution in [3.63, 3.8) is 0 Å². The van der Waals surface area contributed by atoms with Gasteiger partial charge in [-0.2, -0.15) is 0 Å². The molecule has 1 aromatic heterocycles. The fourth-order valence-corrected chi connectivity index (χ4v) is 4.27. The molecule has 1 aliphatic heterocycles. The molecular weight excluding hydrogens is 396 g/mol. The van der Waals surface area contributed by atoms with Crippen LogP contribution in [0.3, 0.4) is 0 Å². The maximum atomic E-state index is 5.99. The van der Waals surface area contributed by atoms with Gasteiger partial charge in [0.25, 0.3) is 0 Å². The largest absolute Gasteiger partial charge is 0.416 e. The molecule has 5 nitrogen and oxygen atoms in total. The van der Waals surface area contributed by atoms with Gasteiger partial charge in [-0.05, 0) is 74.5 Å². The number of aromatic nitrogens is 2. The van der Waals surface area contributed by atoms with E-state index in [1.807, 2.05) is 18.2 Å². The van der Waals surface area contributed by atoms with Crippen molar-refractivity contribution in [1.82, 2.24) is 15.1 Å². The lowest BCUT2D eigenvalue weighted by Gasteiger charge is -2.21. The molecule has 3 aromatic carbocycles.